The molecule has 2 aromatic carbocycles. The normalized spacial score (nSPS) is 10.6. The van der Waals surface area contributed by atoms with Gasteiger partial charge in [-0.1, -0.05) is 36.4 Å². The molecule has 0 spiro atoms. The molecule has 3 heteroatoms. The second-order valence-electron chi connectivity index (χ2n) is 3.78. The van der Waals surface area contributed by atoms with E-state index in [0.717, 1.165) is 27.5 Å². The van der Waals surface area contributed by atoms with E-state index in [0.29, 0.717) is 6.41 Å². The van der Waals surface area contributed by atoms with Crippen LogP contribution in [-0.2, 0) is 4.79 Å². The molecule has 1 aromatic heterocycles. The lowest BCUT2D eigenvalue weighted by atomic mass is 10.1. The fraction of sp³-hybridized carbons (Fsp3) is 0. The predicted molar refractivity (Wildman–Crippen MR) is 68.9 cm³/mol. The van der Waals surface area contributed by atoms with E-state index in [1.165, 1.54) is 0 Å². The van der Waals surface area contributed by atoms with E-state index >= 15 is 0 Å². The van der Waals surface area contributed by atoms with Gasteiger partial charge in [-0.15, -0.1) is 0 Å². The Morgan fingerprint density at radius 2 is 1.41 bits per heavy atom. The maximum absolute atomic E-state index is 10.7. The third kappa shape index (κ3) is 1.52. The van der Waals surface area contributed by atoms with Crippen LogP contribution in [-0.4, -0.2) is 11.4 Å². The van der Waals surface area contributed by atoms with Crippen molar-refractivity contribution in [3.8, 4) is 0 Å². The molecule has 0 fully saturated rings. The number of pyridine rings is 1. The van der Waals surface area contributed by atoms with Crippen LogP contribution in [0.3, 0.4) is 0 Å². The topological polar surface area (TPSA) is 42.0 Å². The van der Waals surface area contributed by atoms with Gasteiger partial charge in [-0.05, 0) is 12.1 Å². The van der Waals surface area contributed by atoms with Crippen LogP contribution in [0.5, 0.6) is 0 Å². The van der Waals surface area contributed by atoms with Crippen LogP contribution in [0.1, 0.15) is 0 Å². The zero-order chi connectivity index (χ0) is 11.7. The molecule has 82 valence electrons. The molecule has 0 aliphatic rings. The van der Waals surface area contributed by atoms with Gasteiger partial charge >= 0.3 is 0 Å². The van der Waals surface area contributed by atoms with Crippen LogP contribution in [0, 0.1) is 0 Å². The molecule has 0 radical (unpaired) electrons. The van der Waals surface area contributed by atoms with E-state index in [2.05, 4.69) is 10.3 Å². The van der Waals surface area contributed by atoms with Gasteiger partial charge in [-0.3, -0.25) is 4.79 Å². The number of anilines is 1. The summed E-state index contributed by atoms with van der Waals surface area (Å²) in [5.41, 5.74) is 2.59. The van der Waals surface area contributed by atoms with Crippen molar-refractivity contribution >= 4 is 33.9 Å². The first-order valence-corrected chi connectivity index (χ1v) is 5.38. The van der Waals surface area contributed by atoms with Gasteiger partial charge in [-0.25, -0.2) is 4.98 Å². The van der Waals surface area contributed by atoms with E-state index < -0.39 is 0 Å². The second kappa shape index (κ2) is 3.87. The highest BCUT2D eigenvalue weighted by molar-refractivity contribution is 6.09. The summed E-state index contributed by atoms with van der Waals surface area (Å²) >= 11 is 0. The molecule has 0 bridgehead atoms. The number of aromatic nitrogens is 1. The standard InChI is InChI=1S/C14H10N2O/c17-9-15-14-10-5-1-3-7-12(10)16-13-8-4-2-6-11(13)14/h1-9H,(H,15,16,17). The molecular formula is C14H10N2O. The smallest absolute Gasteiger partial charge is 0.211 e. The number of fused-ring (bicyclic) bond motifs is 2. The largest absolute Gasteiger partial charge is 0.328 e. The fourth-order valence-corrected chi connectivity index (χ4v) is 2.05. The number of para-hydroxylation sites is 2. The van der Waals surface area contributed by atoms with E-state index in [-0.39, 0.29) is 0 Å². The molecule has 0 saturated carbocycles. The number of carbonyl (C=O) groups excluding carboxylic acids is 1. The molecule has 0 aliphatic heterocycles. The predicted octanol–water partition coefficient (Wildman–Crippen LogP) is 2.96. The summed E-state index contributed by atoms with van der Waals surface area (Å²) in [7, 11) is 0. The van der Waals surface area contributed by atoms with Gasteiger partial charge in [0.05, 0.1) is 16.7 Å². The summed E-state index contributed by atoms with van der Waals surface area (Å²) in [5.74, 6) is 0. The highest BCUT2D eigenvalue weighted by atomic mass is 16.1. The number of carbonyl (C=O) groups is 1. The molecular weight excluding hydrogens is 212 g/mol. The molecule has 3 nitrogen and oxygen atoms in total. The van der Waals surface area contributed by atoms with Crippen molar-refractivity contribution < 1.29 is 4.79 Å². The number of hydrogen-bond donors (Lipinski definition) is 1. The third-order valence-electron chi connectivity index (χ3n) is 2.79. The van der Waals surface area contributed by atoms with Crippen LogP contribution in [0.15, 0.2) is 48.5 Å². The van der Waals surface area contributed by atoms with Gasteiger partial charge < -0.3 is 5.32 Å². The van der Waals surface area contributed by atoms with Crippen molar-refractivity contribution in [2.24, 2.45) is 0 Å². The molecule has 0 unspecified atom stereocenters. The Hall–Kier alpha value is -2.42. The summed E-state index contributed by atoms with van der Waals surface area (Å²) in [6, 6.07) is 15.6. The monoisotopic (exact) mass is 222 g/mol. The number of nitrogens with one attached hydrogen (secondary N) is 1. The van der Waals surface area contributed by atoms with Gasteiger partial charge in [0, 0.05) is 10.8 Å². The Balaban J connectivity index is 2.51. The second-order valence-corrected chi connectivity index (χ2v) is 3.78. The summed E-state index contributed by atoms with van der Waals surface area (Å²) < 4.78 is 0. The van der Waals surface area contributed by atoms with Crippen molar-refractivity contribution in [3.63, 3.8) is 0 Å². The first-order valence-electron chi connectivity index (χ1n) is 5.38. The maximum Gasteiger partial charge on any atom is 0.211 e. The molecule has 17 heavy (non-hydrogen) atoms. The minimum absolute atomic E-state index is 0.703. The first kappa shape index (κ1) is 9.78. The molecule has 1 heterocycles. The third-order valence-corrected chi connectivity index (χ3v) is 2.79. The quantitative estimate of drug-likeness (QED) is 0.535. The van der Waals surface area contributed by atoms with Crippen molar-refractivity contribution in [1.82, 2.24) is 4.98 Å². The van der Waals surface area contributed by atoms with Crippen LogP contribution in [0.25, 0.3) is 21.8 Å². The van der Waals surface area contributed by atoms with Gasteiger partial charge in [0.1, 0.15) is 0 Å². The van der Waals surface area contributed by atoms with Crippen molar-refractivity contribution in [2.45, 2.75) is 0 Å². The molecule has 3 aromatic rings. The van der Waals surface area contributed by atoms with Crippen LogP contribution >= 0.6 is 0 Å². The Morgan fingerprint density at radius 1 is 0.882 bits per heavy atom. The Bertz CT molecular complexity index is 653. The van der Waals surface area contributed by atoms with Gasteiger partial charge in [0.15, 0.2) is 0 Å². The molecule has 0 aliphatic carbocycles. The summed E-state index contributed by atoms with van der Waals surface area (Å²) in [6.45, 7) is 0. The van der Waals surface area contributed by atoms with Crippen LogP contribution in [0.2, 0.25) is 0 Å². The van der Waals surface area contributed by atoms with E-state index in [9.17, 15) is 4.79 Å². The number of nitrogens with zero attached hydrogens (tertiary/aromatic N) is 1. The Morgan fingerprint density at radius 3 is 1.94 bits per heavy atom. The highest BCUT2D eigenvalue weighted by Crippen LogP contribution is 2.29. The SMILES string of the molecule is O=CNc1c2ccccc2nc2ccccc12. The van der Waals surface area contributed by atoms with Crippen LogP contribution < -0.4 is 5.32 Å². The van der Waals surface area contributed by atoms with E-state index in [4.69, 9.17) is 0 Å². The molecule has 3 rings (SSSR count). The molecule has 0 atom stereocenters. The summed E-state index contributed by atoms with van der Waals surface area (Å²) in [4.78, 5) is 15.3. The van der Waals surface area contributed by atoms with Gasteiger partial charge in [0.2, 0.25) is 6.41 Å². The number of hydrogen-bond acceptors (Lipinski definition) is 2. The number of amides is 1. The average molecular weight is 222 g/mol. The van der Waals surface area contributed by atoms with Gasteiger partial charge in [-0.2, -0.15) is 0 Å². The fourth-order valence-electron chi connectivity index (χ4n) is 2.05. The zero-order valence-corrected chi connectivity index (χ0v) is 9.05. The number of benzene rings is 2. The lowest BCUT2D eigenvalue weighted by molar-refractivity contribution is -0.105. The van der Waals surface area contributed by atoms with Crippen molar-refractivity contribution in [2.75, 3.05) is 5.32 Å². The first-order chi connectivity index (χ1) is 8.40. The lowest BCUT2D eigenvalue weighted by Gasteiger charge is -2.08. The van der Waals surface area contributed by atoms with Crippen molar-refractivity contribution in [1.29, 1.82) is 0 Å². The Kier molecular flexibility index (Phi) is 2.22. The minimum atomic E-state index is 0.703. The lowest BCUT2D eigenvalue weighted by Crippen LogP contribution is -1.97. The van der Waals surface area contributed by atoms with Gasteiger partial charge in [0.25, 0.3) is 0 Å². The highest BCUT2D eigenvalue weighted by Gasteiger charge is 2.06. The zero-order valence-electron chi connectivity index (χ0n) is 9.05. The summed E-state index contributed by atoms with van der Waals surface area (Å²) in [5, 5.41) is 4.69. The summed E-state index contributed by atoms with van der Waals surface area (Å²) in [6.07, 6.45) is 0.703. The van der Waals surface area contributed by atoms with Crippen molar-refractivity contribution in [3.05, 3.63) is 48.5 Å². The molecule has 1 N–H and O–H groups in total. The van der Waals surface area contributed by atoms with E-state index in [1.54, 1.807) is 0 Å². The molecule has 0 saturated heterocycles. The number of rotatable bonds is 2. The Labute approximate surface area is 98.1 Å². The average Bonchev–Trinajstić information content (AvgIpc) is 2.39. The minimum Gasteiger partial charge on any atom is -0.328 e. The molecule has 1 amide bonds. The van der Waals surface area contributed by atoms with E-state index in [1.807, 2.05) is 48.5 Å². The van der Waals surface area contributed by atoms with Crippen LogP contribution in [0.4, 0.5) is 5.69 Å². The maximum atomic E-state index is 10.7.